The van der Waals surface area contributed by atoms with Gasteiger partial charge in [0.05, 0.1) is 0 Å². The fraction of sp³-hybridized carbons (Fsp3) is 0.458. The Bertz CT molecular complexity index is 880. The molecule has 2 heterocycles. The summed E-state index contributed by atoms with van der Waals surface area (Å²) in [5.74, 6) is 1.08. The van der Waals surface area contributed by atoms with E-state index in [4.69, 9.17) is 0 Å². The van der Waals surface area contributed by atoms with E-state index in [2.05, 4.69) is 39.8 Å². The Labute approximate surface area is 174 Å². The monoisotopic (exact) mass is 398 g/mol. The van der Waals surface area contributed by atoms with Crippen molar-refractivity contribution in [2.45, 2.75) is 38.5 Å². The Hall–Kier alpha value is -1.84. The molecule has 1 fully saturated rings. The molecule has 1 saturated heterocycles. The first-order valence-electron chi connectivity index (χ1n) is 10.4. The normalized spacial score (nSPS) is 19.2. The first kappa shape index (κ1) is 20.9. The van der Waals surface area contributed by atoms with Crippen LogP contribution in [0.15, 0.2) is 54.3 Å². The van der Waals surface area contributed by atoms with E-state index in [0.29, 0.717) is 6.42 Å². The van der Waals surface area contributed by atoms with Crippen LogP contribution in [0.2, 0.25) is 0 Å². The fourth-order valence-corrected chi connectivity index (χ4v) is 4.57. The van der Waals surface area contributed by atoms with Crippen molar-refractivity contribution in [1.82, 2.24) is 9.47 Å². The number of para-hydroxylation sites is 1. The van der Waals surface area contributed by atoms with E-state index in [1.54, 1.807) is 5.57 Å². The lowest BCUT2D eigenvalue weighted by atomic mass is 9.85. The number of piperidine rings is 1. The average Bonchev–Trinajstić information content (AvgIpc) is 3.04. The molecule has 0 spiro atoms. The summed E-state index contributed by atoms with van der Waals surface area (Å²) in [6.07, 6.45) is 15.3. The first-order chi connectivity index (χ1) is 13.2. The lowest BCUT2D eigenvalue weighted by Gasteiger charge is -2.35. The van der Waals surface area contributed by atoms with Crippen LogP contribution >= 0.6 is 12.4 Å². The molecular formula is C24H31ClN2O. The number of unbranched alkanes of at least 4 members (excludes halogenated alkanes) is 2. The summed E-state index contributed by atoms with van der Waals surface area (Å²) < 4.78 is 2.06. The zero-order chi connectivity index (χ0) is 18.6. The Morgan fingerprint density at radius 3 is 2.93 bits per heavy atom. The Morgan fingerprint density at radius 2 is 2.04 bits per heavy atom. The number of hydrogen-bond acceptors (Lipinski definition) is 2. The molecule has 0 bridgehead atoms. The van der Waals surface area contributed by atoms with E-state index >= 15 is 0 Å². The van der Waals surface area contributed by atoms with Crippen LogP contribution in [0, 0.1) is 5.92 Å². The quantitative estimate of drug-likeness (QED) is 0.451. The van der Waals surface area contributed by atoms with Gasteiger partial charge in [0, 0.05) is 42.7 Å². The maximum Gasteiger partial charge on any atom is 0.165 e. The van der Waals surface area contributed by atoms with Gasteiger partial charge in [-0.3, -0.25) is 9.69 Å². The molecule has 4 heteroatoms. The van der Waals surface area contributed by atoms with Gasteiger partial charge in [0.1, 0.15) is 0 Å². The number of hydrogen-bond donors (Lipinski definition) is 0. The van der Waals surface area contributed by atoms with Crippen LogP contribution in [0.5, 0.6) is 0 Å². The van der Waals surface area contributed by atoms with Gasteiger partial charge in [-0.25, -0.2) is 0 Å². The molecule has 2 aromatic rings. The molecule has 28 heavy (non-hydrogen) atoms. The maximum atomic E-state index is 12.7. The summed E-state index contributed by atoms with van der Waals surface area (Å²) in [6.45, 7) is 3.53. The number of carbonyl (C=O) groups is 1. The average molecular weight is 399 g/mol. The van der Waals surface area contributed by atoms with Crippen molar-refractivity contribution in [3.8, 4) is 0 Å². The van der Waals surface area contributed by atoms with E-state index in [1.165, 1.54) is 25.8 Å². The second-order valence-electron chi connectivity index (χ2n) is 8.07. The highest BCUT2D eigenvalue weighted by atomic mass is 35.5. The number of halogens is 1. The van der Waals surface area contributed by atoms with Crippen molar-refractivity contribution in [3.05, 3.63) is 59.8 Å². The summed E-state index contributed by atoms with van der Waals surface area (Å²) in [4.78, 5) is 15.2. The Balaban J connectivity index is 0.00000225. The molecule has 0 radical (unpaired) electrons. The molecule has 4 rings (SSSR count). The van der Waals surface area contributed by atoms with Gasteiger partial charge in [-0.2, -0.15) is 0 Å². The zero-order valence-electron chi connectivity index (χ0n) is 16.8. The van der Waals surface area contributed by atoms with Crippen LogP contribution in [0.3, 0.4) is 0 Å². The van der Waals surface area contributed by atoms with Crippen molar-refractivity contribution < 1.29 is 4.79 Å². The summed E-state index contributed by atoms with van der Waals surface area (Å²) >= 11 is 0. The standard InChI is InChI=1S/C24H30N2O.ClH/c1-25-18-22(21-11-6-7-12-23(21)25)24(27)13-3-2-8-15-26-16-14-19-9-4-5-10-20(19)17-26;/h4-7,10-12,18-19H,2-3,8-9,13-17H2,1H3;1H. The summed E-state index contributed by atoms with van der Waals surface area (Å²) in [6, 6.07) is 8.17. The molecule has 1 aromatic carbocycles. The van der Waals surface area contributed by atoms with E-state index < -0.39 is 0 Å². The molecule has 150 valence electrons. The number of benzene rings is 1. The van der Waals surface area contributed by atoms with Crippen LogP contribution in [-0.2, 0) is 7.05 Å². The third-order valence-corrected chi connectivity index (χ3v) is 6.17. The van der Waals surface area contributed by atoms with Crippen LogP contribution in [0.1, 0.15) is 48.9 Å². The van der Waals surface area contributed by atoms with Gasteiger partial charge in [-0.1, -0.05) is 48.4 Å². The number of aryl methyl sites for hydroxylation is 1. The number of nitrogens with zero attached hydrogens (tertiary/aromatic N) is 2. The van der Waals surface area contributed by atoms with Crippen LogP contribution < -0.4 is 0 Å². The van der Waals surface area contributed by atoms with Crippen molar-refractivity contribution in [2.75, 3.05) is 19.6 Å². The number of aromatic nitrogens is 1. The van der Waals surface area contributed by atoms with Crippen LogP contribution in [-0.4, -0.2) is 34.9 Å². The fourth-order valence-electron chi connectivity index (χ4n) is 4.57. The molecular weight excluding hydrogens is 368 g/mol. The SMILES string of the molecule is Cl.Cn1cc(C(=O)CCCCCN2CCC3CC=CC=C3C2)c2ccccc21. The number of likely N-dealkylation sites (tertiary alicyclic amines) is 1. The van der Waals surface area contributed by atoms with Crippen LogP contribution in [0.4, 0.5) is 0 Å². The van der Waals surface area contributed by atoms with Crippen molar-refractivity contribution in [3.63, 3.8) is 0 Å². The smallest absolute Gasteiger partial charge is 0.165 e. The van der Waals surface area contributed by atoms with E-state index in [-0.39, 0.29) is 18.2 Å². The minimum Gasteiger partial charge on any atom is -0.350 e. The topological polar surface area (TPSA) is 25.2 Å². The Morgan fingerprint density at radius 1 is 1.18 bits per heavy atom. The largest absolute Gasteiger partial charge is 0.350 e. The van der Waals surface area contributed by atoms with Crippen molar-refractivity contribution >= 4 is 29.1 Å². The lowest BCUT2D eigenvalue weighted by molar-refractivity contribution is 0.0980. The number of rotatable bonds is 7. The second kappa shape index (κ2) is 9.58. The Kier molecular flexibility index (Phi) is 7.14. The molecule has 0 N–H and O–H groups in total. The van der Waals surface area contributed by atoms with Gasteiger partial charge >= 0.3 is 0 Å². The van der Waals surface area contributed by atoms with Gasteiger partial charge < -0.3 is 4.57 Å². The highest BCUT2D eigenvalue weighted by Gasteiger charge is 2.23. The third kappa shape index (κ3) is 4.59. The van der Waals surface area contributed by atoms with E-state index in [0.717, 1.165) is 48.3 Å². The van der Waals surface area contributed by atoms with Gasteiger partial charge in [0.15, 0.2) is 5.78 Å². The summed E-state index contributed by atoms with van der Waals surface area (Å²) in [5.41, 5.74) is 3.64. The summed E-state index contributed by atoms with van der Waals surface area (Å²) in [5, 5.41) is 1.09. The number of carbonyl (C=O) groups excluding carboxylic acids is 1. The van der Waals surface area contributed by atoms with E-state index in [1.807, 2.05) is 25.4 Å². The predicted molar refractivity (Wildman–Crippen MR) is 119 cm³/mol. The predicted octanol–water partition coefficient (Wildman–Crippen LogP) is 5.55. The molecule has 0 amide bonds. The minimum absolute atomic E-state index is 0. The molecule has 3 nitrogen and oxygen atoms in total. The molecule has 1 aliphatic carbocycles. The number of Topliss-reactive ketones (excluding diaryl/α,β-unsaturated/α-hetero) is 1. The lowest BCUT2D eigenvalue weighted by Crippen LogP contribution is -2.36. The number of fused-ring (bicyclic) bond motifs is 2. The van der Waals surface area contributed by atoms with Gasteiger partial charge in [-0.05, 0) is 50.8 Å². The molecule has 2 aliphatic rings. The first-order valence-corrected chi connectivity index (χ1v) is 10.4. The van der Waals surface area contributed by atoms with Gasteiger partial charge in [-0.15, -0.1) is 12.4 Å². The second-order valence-corrected chi connectivity index (χ2v) is 8.07. The van der Waals surface area contributed by atoms with Crippen molar-refractivity contribution in [2.24, 2.45) is 13.0 Å². The molecule has 1 unspecified atom stereocenters. The molecule has 1 aromatic heterocycles. The number of ketones is 1. The number of allylic oxidation sites excluding steroid dienone is 3. The third-order valence-electron chi connectivity index (χ3n) is 6.17. The highest BCUT2D eigenvalue weighted by molar-refractivity contribution is 6.08. The minimum atomic E-state index is 0. The van der Waals surface area contributed by atoms with Crippen molar-refractivity contribution in [1.29, 1.82) is 0 Å². The highest BCUT2D eigenvalue weighted by Crippen LogP contribution is 2.29. The summed E-state index contributed by atoms with van der Waals surface area (Å²) in [7, 11) is 2.01. The van der Waals surface area contributed by atoms with Crippen LogP contribution in [0.25, 0.3) is 10.9 Å². The molecule has 1 aliphatic heterocycles. The zero-order valence-corrected chi connectivity index (χ0v) is 17.6. The maximum absolute atomic E-state index is 12.7. The molecule has 0 saturated carbocycles. The van der Waals surface area contributed by atoms with Gasteiger partial charge in [0.2, 0.25) is 0 Å². The molecule has 1 atom stereocenters. The van der Waals surface area contributed by atoms with E-state index in [9.17, 15) is 4.79 Å². The van der Waals surface area contributed by atoms with Gasteiger partial charge in [0.25, 0.3) is 0 Å².